The van der Waals surface area contributed by atoms with Crippen molar-refractivity contribution in [3.8, 4) is 0 Å². The number of nitrogens with one attached hydrogen (secondary N) is 2. The maximum absolute atomic E-state index is 12.0. The zero-order valence-corrected chi connectivity index (χ0v) is 11.0. The van der Waals surface area contributed by atoms with E-state index in [4.69, 9.17) is 10.9 Å². The molecule has 18 heavy (non-hydrogen) atoms. The minimum Gasteiger partial charge on any atom is -0.409 e. The molecule has 7 nitrogen and oxygen atoms in total. The molecule has 0 radical (unpaired) electrons. The predicted octanol–water partition coefficient (Wildman–Crippen LogP) is 0.0221. The standard InChI is InChI=1S/C10H20N4O3S/c11-9(12-15)10(6-2-1-3-7-10)14-18(16,17)13-8-4-5-8/h8,13-15H,1-7H2,(H2,11,12). The van der Waals surface area contributed by atoms with E-state index in [-0.39, 0.29) is 11.9 Å². The van der Waals surface area contributed by atoms with Crippen molar-refractivity contribution in [1.29, 1.82) is 0 Å². The molecule has 0 amide bonds. The highest BCUT2D eigenvalue weighted by molar-refractivity contribution is 7.87. The van der Waals surface area contributed by atoms with Gasteiger partial charge < -0.3 is 10.9 Å². The fraction of sp³-hybridized carbons (Fsp3) is 0.900. The zero-order valence-electron chi connectivity index (χ0n) is 10.2. The Morgan fingerprint density at radius 3 is 2.39 bits per heavy atom. The van der Waals surface area contributed by atoms with Gasteiger partial charge in [0.2, 0.25) is 0 Å². The molecule has 0 bridgehead atoms. The molecule has 0 aromatic heterocycles. The number of rotatable bonds is 5. The summed E-state index contributed by atoms with van der Waals surface area (Å²) in [6, 6.07) is 0.0374. The molecule has 5 N–H and O–H groups in total. The molecule has 0 spiro atoms. The summed E-state index contributed by atoms with van der Waals surface area (Å²) in [5, 5.41) is 11.9. The minimum absolute atomic E-state index is 0.0374. The van der Waals surface area contributed by atoms with Gasteiger partial charge in [0.15, 0.2) is 5.84 Å². The smallest absolute Gasteiger partial charge is 0.278 e. The van der Waals surface area contributed by atoms with Crippen LogP contribution < -0.4 is 15.2 Å². The Morgan fingerprint density at radius 1 is 1.28 bits per heavy atom. The summed E-state index contributed by atoms with van der Waals surface area (Å²) in [6.07, 6.45) is 5.64. The maximum atomic E-state index is 12.0. The normalized spacial score (nSPS) is 25.0. The van der Waals surface area contributed by atoms with Crippen molar-refractivity contribution in [3.05, 3.63) is 0 Å². The van der Waals surface area contributed by atoms with Crippen LogP contribution in [0.15, 0.2) is 5.16 Å². The molecule has 0 heterocycles. The molecule has 2 aliphatic carbocycles. The van der Waals surface area contributed by atoms with Crippen LogP contribution in [0.4, 0.5) is 0 Å². The van der Waals surface area contributed by atoms with Gasteiger partial charge in [0.25, 0.3) is 10.2 Å². The number of hydrogen-bond donors (Lipinski definition) is 4. The Bertz CT molecular complexity index is 424. The zero-order chi connectivity index (χ0) is 13.2. The van der Waals surface area contributed by atoms with Crippen LogP contribution in [0.1, 0.15) is 44.9 Å². The second kappa shape index (κ2) is 5.02. The fourth-order valence-electron chi connectivity index (χ4n) is 2.37. The van der Waals surface area contributed by atoms with Gasteiger partial charge in [-0.05, 0) is 25.7 Å². The lowest BCUT2D eigenvalue weighted by Gasteiger charge is -2.36. The molecular formula is C10H20N4O3S. The van der Waals surface area contributed by atoms with Gasteiger partial charge in [-0.3, -0.25) is 0 Å². The molecule has 0 aliphatic heterocycles. The first-order chi connectivity index (χ1) is 8.47. The first kappa shape index (κ1) is 13.6. The number of nitrogens with two attached hydrogens (primary N) is 1. The van der Waals surface area contributed by atoms with Gasteiger partial charge in [0, 0.05) is 6.04 Å². The lowest BCUT2D eigenvalue weighted by atomic mass is 9.82. The van der Waals surface area contributed by atoms with Gasteiger partial charge in [0.05, 0.1) is 5.54 Å². The number of nitrogens with zero attached hydrogens (tertiary/aromatic N) is 1. The molecular weight excluding hydrogens is 256 g/mol. The Morgan fingerprint density at radius 2 is 1.89 bits per heavy atom. The Kier molecular flexibility index (Phi) is 3.79. The predicted molar refractivity (Wildman–Crippen MR) is 67.4 cm³/mol. The van der Waals surface area contributed by atoms with Gasteiger partial charge in [-0.25, -0.2) is 0 Å². The third kappa shape index (κ3) is 3.12. The summed E-state index contributed by atoms with van der Waals surface area (Å²) in [5.74, 6) is -0.0524. The monoisotopic (exact) mass is 276 g/mol. The van der Waals surface area contributed by atoms with E-state index in [1.807, 2.05) is 0 Å². The number of oxime groups is 1. The highest BCUT2D eigenvalue weighted by atomic mass is 32.2. The van der Waals surface area contributed by atoms with Crippen LogP contribution in [0.3, 0.4) is 0 Å². The summed E-state index contributed by atoms with van der Waals surface area (Å²) in [7, 11) is -3.60. The van der Waals surface area contributed by atoms with Crippen LogP contribution in [0.2, 0.25) is 0 Å². The van der Waals surface area contributed by atoms with Crippen LogP contribution >= 0.6 is 0 Å². The van der Waals surface area contributed by atoms with Crippen LogP contribution in [0, 0.1) is 0 Å². The number of hydrogen-bond acceptors (Lipinski definition) is 4. The van der Waals surface area contributed by atoms with Gasteiger partial charge in [-0.15, -0.1) is 0 Å². The van der Waals surface area contributed by atoms with Gasteiger partial charge >= 0.3 is 0 Å². The van der Waals surface area contributed by atoms with E-state index in [1.54, 1.807) is 0 Å². The van der Waals surface area contributed by atoms with Gasteiger partial charge in [0.1, 0.15) is 0 Å². The lowest BCUT2D eigenvalue weighted by Crippen LogP contribution is -2.60. The van der Waals surface area contributed by atoms with E-state index in [1.165, 1.54) is 0 Å². The quantitative estimate of drug-likeness (QED) is 0.245. The molecule has 104 valence electrons. The van der Waals surface area contributed by atoms with Gasteiger partial charge in [-0.2, -0.15) is 17.9 Å². The van der Waals surface area contributed by atoms with E-state index in [2.05, 4.69) is 14.6 Å². The van der Waals surface area contributed by atoms with Crippen LogP contribution in [0.25, 0.3) is 0 Å². The van der Waals surface area contributed by atoms with E-state index in [9.17, 15) is 8.42 Å². The third-order valence-electron chi connectivity index (χ3n) is 3.53. The topological polar surface area (TPSA) is 117 Å². The van der Waals surface area contributed by atoms with Crippen molar-refractivity contribution in [2.45, 2.75) is 56.5 Å². The summed E-state index contributed by atoms with van der Waals surface area (Å²) in [6.45, 7) is 0. The van der Waals surface area contributed by atoms with E-state index >= 15 is 0 Å². The van der Waals surface area contributed by atoms with Crippen molar-refractivity contribution < 1.29 is 13.6 Å². The first-order valence-corrected chi connectivity index (χ1v) is 7.75. The highest BCUT2D eigenvalue weighted by Crippen LogP contribution is 2.29. The second-order valence-corrected chi connectivity index (χ2v) is 6.57. The van der Waals surface area contributed by atoms with E-state index in [0.29, 0.717) is 12.8 Å². The Labute approximate surface area is 107 Å². The summed E-state index contributed by atoms with van der Waals surface area (Å²) in [4.78, 5) is 0. The molecule has 0 aromatic carbocycles. The third-order valence-corrected chi connectivity index (χ3v) is 4.84. The second-order valence-electron chi connectivity index (χ2n) is 5.13. The Hall–Kier alpha value is -0.860. The lowest BCUT2D eigenvalue weighted by molar-refractivity contribution is 0.293. The van der Waals surface area contributed by atoms with Crippen molar-refractivity contribution in [1.82, 2.24) is 9.44 Å². The van der Waals surface area contributed by atoms with E-state index in [0.717, 1.165) is 32.1 Å². The molecule has 2 aliphatic rings. The van der Waals surface area contributed by atoms with Crippen molar-refractivity contribution in [2.24, 2.45) is 10.9 Å². The average Bonchev–Trinajstić information content (AvgIpc) is 3.11. The summed E-state index contributed by atoms with van der Waals surface area (Å²) < 4.78 is 29.0. The van der Waals surface area contributed by atoms with Gasteiger partial charge in [-0.1, -0.05) is 24.4 Å². The summed E-state index contributed by atoms with van der Waals surface area (Å²) in [5.41, 5.74) is 4.74. The minimum atomic E-state index is -3.60. The Balaban J connectivity index is 2.13. The first-order valence-electron chi connectivity index (χ1n) is 6.27. The molecule has 0 unspecified atom stereocenters. The van der Waals surface area contributed by atoms with Crippen LogP contribution in [-0.4, -0.2) is 31.0 Å². The van der Waals surface area contributed by atoms with Crippen LogP contribution in [0.5, 0.6) is 0 Å². The molecule has 0 atom stereocenters. The highest BCUT2D eigenvalue weighted by Gasteiger charge is 2.41. The molecule has 8 heteroatoms. The SMILES string of the molecule is NC(=NO)C1(NS(=O)(=O)NC2CC2)CCCCC1. The molecule has 0 aromatic rings. The molecule has 2 rings (SSSR count). The van der Waals surface area contributed by atoms with Crippen LogP contribution in [-0.2, 0) is 10.2 Å². The number of amidine groups is 1. The van der Waals surface area contributed by atoms with Crippen molar-refractivity contribution >= 4 is 16.0 Å². The largest absolute Gasteiger partial charge is 0.409 e. The van der Waals surface area contributed by atoms with Crippen molar-refractivity contribution in [3.63, 3.8) is 0 Å². The van der Waals surface area contributed by atoms with Crippen molar-refractivity contribution in [2.75, 3.05) is 0 Å². The average molecular weight is 276 g/mol. The molecule has 2 saturated carbocycles. The summed E-state index contributed by atoms with van der Waals surface area (Å²) >= 11 is 0. The maximum Gasteiger partial charge on any atom is 0.278 e. The fourth-order valence-corrected chi connectivity index (χ4v) is 3.93. The van der Waals surface area contributed by atoms with E-state index < -0.39 is 15.7 Å². The molecule has 0 saturated heterocycles. The molecule has 2 fully saturated rings.